The average molecular weight is 348 g/mol. The number of aromatic nitrogens is 1. The maximum atomic E-state index is 13.8. The lowest BCUT2D eigenvalue weighted by atomic mass is 10.0. The van der Waals surface area contributed by atoms with E-state index < -0.39 is 0 Å². The summed E-state index contributed by atoms with van der Waals surface area (Å²) in [6.45, 7) is 5.59. The van der Waals surface area contributed by atoms with Crippen molar-refractivity contribution in [3.05, 3.63) is 46.2 Å². The molecule has 0 spiro atoms. The number of likely N-dealkylation sites (N-methyl/N-ethyl adjacent to an activating group) is 1. The highest BCUT2D eigenvalue weighted by Gasteiger charge is 2.21. The van der Waals surface area contributed by atoms with E-state index in [1.54, 1.807) is 10.9 Å². The normalized spacial score (nSPS) is 16.9. The number of hydrogen-bond acceptors (Lipinski definition) is 5. The Morgan fingerprint density at radius 1 is 1.33 bits per heavy atom. The number of rotatable bonds is 4. The molecule has 5 nitrogen and oxygen atoms in total. The lowest BCUT2D eigenvalue weighted by Crippen LogP contribution is -2.45. The predicted molar refractivity (Wildman–Crippen MR) is 94.1 cm³/mol. The summed E-state index contributed by atoms with van der Waals surface area (Å²) >= 11 is 1.37. The van der Waals surface area contributed by atoms with E-state index in [1.165, 1.54) is 23.5 Å². The summed E-state index contributed by atoms with van der Waals surface area (Å²) in [5, 5.41) is 4.62. The molecule has 3 rings (SSSR count). The van der Waals surface area contributed by atoms with E-state index in [0.717, 1.165) is 37.4 Å². The van der Waals surface area contributed by atoms with E-state index in [2.05, 4.69) is 27.1 Å². The van der Waals surface area contributed by atoms with Gasteiger partial charge in [0.1, 0.15) is 11.5 Å². The molecule has 1 saturated heterocycles. The van der Waals surface area contributed by atoms with Crippen LogP contribution >= 0.6 is 11.3 Å². The number of halogens is 1. The standard InChI is InChI=1S/C17H21FN4OS/c1-12(20-17(23)15-10-24-11-19-15)14-9-13(18)3-4-16(14)22-7-5-21(2)6-8-22/h3-4,9-12H,5-8H2,1-2H3,(H,20,23)/t12-/m0/s1. The molecule has 128 valence electrons. The summed E-state index contributed by atoms with van der Waals surface area (Å²) in [4.78, 5) is 20.8. The molecule has 0 bridgehead atoms. The molecule has 1 N–H and O–H groups in total. The van der Waals surface area contributed by atoms with E-state index in [0.29, 0.717) is 5.69 Å². The van der Waals surface area contributed by atoms with Gasteiger partial charge in [0.2, 0.25) is 0 Å². The molecule has 2 heterocycles. The molecule has 7 heteroatoms. The fraction of sp³-hybridized carbons (Fsp3) is 0.412. The highest BCUT2D eigenvalue weighted by molar-refractivity contribution is 7.07. The van der Waals surface area contributed by atoms with Gasteiger partial charge in [-0.05, 0) is 32.2 Å². The molecule has 0 unspecified atom stereocenters. The molecule has 0 radical (unpaired) electrons. The zero-order chi connectivity index (χ0) is 17.1. The molecule has 1 fully saturated rings. The van der Waals surface area contributed by atoms with Gasteiger partial charge in [-0.2, -0.15) is 0 Å². The molecular formula is C17H21FN4OS. The number of hydrogen-bond donors (Lipinski definition) is 1. The van der Waals surface area contributed by atoms with Gasteiger partial charge in [-0.1, -0.05) is 0 Å². The molecule has 1 aromatic carbocycles. The van der Waals surface area contributed by atoms with Crippen molar-refractivity contribution in [1.29, 1.82) is 0 Å². The molecule has 1 aliphatic heterocycles. The third kappa shape index (κ3) is 3.73. The van der Waals surface area contributed by atoms with E-state index in [-0.39, 0.29) is 17.8 Å². The number of amides is 1. The van der Waals surface area contributed by atoms with Gasteiger partial charge >= 0.3 is 0 Å². The third-order valence-corrected chi connectivity index (χ3v) is 4.90. The van der Waals surface area contributed by atoms with Crippen molar-refractivity contribution >= 4 is 22.9 Å². The molecule has 24 heavy (non-hydrogen) atoms. The Balaban J connectivity index is 1.80. The van der Waals surface area contributed by atoms with Gasteiger partial charge in [-0.3, -0.25) is 4.79 Å². The number of nitrogens with zero attached hydrogens (tertiary/aromatic N) is 3. The minimum atomic E-state index is -0.301. The van der Waals surface area contributed by atoms with Gasteiger partial charge in [0, 0.05) is 42.8 Å². The molecule has 1 amide bonds. The van der Waals surface area contributed by atoms with Crippen LogP contribution in [0.1, 0.15) is 29.0 Å². The van der Waals surface area contributed by atoms with Gasteiger partial charge in [0.25, 0.3) is 5.91 Å². The molecule has 1 atom stereocenters. The minimum Gasteiger partial charge on any atom is -0.369 e. The van der Waals surface area contributed by atoms with E-state index in [1.807, 2.05) is 13.0 Å². The number of carbonyl (C=O) groups is 1. The van der Waals surface area contributed by atoms with Crippen LogP contribution in [0, 0.1) is 5.82 Å². The maximum absolute atomic E-state index is 13.8. The zero-order valence-electron chi connectivity index (χ0n) is 13.8. The Bertz CT molecular complexity index is 699. The number of benzene rings is 1. The first-order valence-electron chi connectivity index (χ1n) is 7.96. The van der Waals surface area contributed by atoms with Crippen LogP contribution in [-0.4, -0.2) is 49.0 Å². The minimum absolute atomic E-state index is 0.239. The SMILES string of the molecule is C[C@H](NC(=O)c1cscn1)c1cc(F)ccc1N1CCN(C)CC1. The third-order valence-electron chi connectivity index (χ3n) is 4.31. The number of nitrogens with one attached hydrogen (secondary N) is 1. The summed E-state index contributed by atoms with van der Waals surface area (Å²) in [5.41, 5.74) is 3.79. The molecule has 2 aromatic rings. The van der Waals surface area contributed by atoms with Crippen molar-refractivity contribution in [2.75, 3.05) is 38.1 Å². The Kier molecular flexibility index (Phi) is 5.11. The van der Waals surface area contributed by atoms with Gasteiger partial charge < -0.3 is 15.1 Å². The first kappa shape index (κ1) is 16.9. The van der Waals surface area contributed by atoms with Gasteiger partial charge in [0.05, 0.1) is 11.6 Å². The molecule has 1 aromatic heterocycles. The summed E-state index contributed by atoms with van der Waals surface area (Å²) in [6, 6.07) is 4.50. The first-order valence-corrected chi connectivity index (χ1v) is 8.91. The monoisotopic (exact) mass is 348 g/mol. The van der Waals surface area contributed by atoms with Gasteiger partial charge in [-0.15, -0.1) is 11.3 Å². The van der Waals surface area contributed by atoms with Crippen molar-refractivity contribution in [2.45, 2.75) is 13.0 Å². The van der Waals surface area contributed by atoms with Crippen molar-refractivity contribution in [2.24, 2.45) is 0 Å². The molecule has 1 aliphatic rings. The highest BCUT2D eigenvalue weighted by atomic mass is 32.1. The van der Waals surface area contributed by atoms with Crippen LogP contribution in [0.2, 0.25) is 0 Å². The van der Waals surface area contributed by atoms with Crippen LogP contribution in [0.4, 0.5) is 10.1 Å². The van der Waals surface area contributed by atoms with E-state index in [4.69, 9.17) is 0 Å². The Morgan fingerprint density at radius 3 is 2.75 bits per heavy atom. The van der Waals surface area contributed by atoms with Crippen LogP contribution < -0.4 is 10.2 Å². The quantitative estimate of drug-likeness (QED) is 0.922. The van der Waals surface area contributed by atoms with Crippen LogP contribution in [0.15, 0.2) is 29.1 Å². The zero-order valence-corrected chi connectivity index (χ0v) is 14.6. The maximum Gasteiger partial charge on any atom is 0.271 e. The summed E-state index contributed by atoms with van der Waals surface area (Å²) < 4.78 is 13.8. The smallest absolute Gasteiger partial charge is 0.271 e. The van der Waals surface area contributed by atoms with Gasteiger partial charge in [-0.25, -0.2) is 9.37 Å². The lowest BCUT2D eigenvalue weighted by molar-refractivity contribution is 0.0935. The number of thiazole rings is 1. The number of carbonyl (C=O) groups excluding carboxylic acids is 1. The van der Waals surface area contributed by atoms with Crippen LogP contribution in [0.5, 0.6) is 0 Å². The molecule has 0 saturated carbocycles. The number of anilines is 1. The Hall–Kier alpha value is -1.99. The van der Waals surface area contributed by atoms with E-state index >= 15 is 0 Å². The van der Waals surface area contributed by atoms with Crippen molar-refractivity contribution < 1.29 is 9.18 Å². The second-order valence-electron chi connectivity index (χ2n) is 6.06. The Labute approximate surface area is 145 Å². The lowest BCUT2D eigenvalue weighted by Gasteiger charge is -2.36. The topological polar surface area (TPSA) is 48.5 Å². The Morgan fingerprint density at radius 2 is 2.08 bits per heavy atom. The van der Waals surface area contributed by atoms with Crippen molar-refractivity contribution in [1.82, 2.24) is 15.2 Å². The summed E-state index contributed by atoms with van der Waals surface area (Å²) in [7, 11) is 2.10. The van der Waals surface area contributed by atoms with Crippen LogP contribution in [-0.2, 0) is 0 Å². The fourth-order valence-corrected chi connectivity index (χ4v) is 3.41. The fourth-order valence-electron chi connectivity index (χ4n) is 2.88. The molecule has 0 aliphatic carbocycles. The van der Waals surface area contributed by atoms with Crippen LogP contribution in [0.25, 0.3) is 0 Å². The van der Waals surface area contributed by atoms with Crippen molar-refractivity contribution in [3.63, 3.8) is 0 Å². The second-order valence-corrected chi connectivity index (χ2v) is 6.78. The van der Waals surface area contributed by atoms with Gasteiger partial charge in [0.15, 0.2) is 0 Å². The largest absolute Gasteiger partial charge is 0.369 e. The van der Waals surface area contributed by atoms with E-state index in [9.17, 15) is 9.18 Å². The summed E-state index contributed by atoms with van der Waals surface area (Å²) in [5.74, 6) is -0.532. The first-order chi connectivity index (χ1) is 11.5. The highest BCUT2D eigenvalue weighted by Crippen LogP contribution is 2.28. The van der Waals surface area contributed by atoms with Crippen LogP contribution in [0.3, 0.4) is 0 Å². The second kappa shape index (κ2) is 7.27. The average Bonchev–Trinajstić information content (AvgIpc) is 3.10. The summed E-state index contributed by atoms with van der Waals surface area (Å²) in [6.07, 6.45) is 0. The number of piperazine rings is 1. The van der Waals surface area contributed by atoms with Crippen molar-refractivity contribution in [3.8, 4) is 0 Å². The predicted octanol–water partition coefficient (Wildman–Crippen LogP) is 2.53. The molecular weight excluding hydrogens is 327 g/mol.